The van der Waals surface area contributed by atoms with Gasteiger partial charge in [-0.25, -0.2) is 8.42 Å². The minimum absolute atomic E-state index is 0.0186. The number of benzene rings is 2. The molecule has 5 nitrogen and oxygen atoms in total. The van der Waals surface area contributed by atoms with Crippen molar-refractivity contribution < 1.29 is 17.9 Å². The van der Waals surface area contributed by atoms with E-state index in [1.165, 1.54) is 23.5 Å². The summed E-state index contributed by atoms with van der Waals surface area (Å²) in [6, 6.07) is 9.65. The van der Waals surface area contributed by atoms with Gasteiger partial charge >= 0.3 is 0 Å². The summed E-state index contributed by atoms with van der Waals surface area (Å²) in [5, 5.41) is 0.441. The highest BCUT2D eigenvalue weighted by Gasteiger charge is 2.25. The molecule has 2 aromatic rings. The smallest absolute Gasteiger partial charge is 0.244 e. The molecule has 0 N–H and O–H groups in total. The van der Waals surface area contributed by atoms with Crippen molar-refractivity contribution in [1.29, 1.82) is 0 Å². The van der Waals surface area contributed by atoms with E-state index >= 15 is 0 Å². The van der Waals surface area contributed by atoms with Crippen LogP contribution in [0.5, 0.6) is 11.5 Å². The molecule has 0 aromatic heterocycles. The van der Waals surface area contributed by atoms with E-state index in [2.05, 4.69) is 0 Å². The van der Waals surface area contributed by atoms with Crippen molar-refractivity contribution >= 4 is 33.2 Å². The number of hydrogen-bond donors (Lipinski definition) is 0. The molecule has 3 rings (SSSR count). The van der Waals surface area contributed by atoms with Crippen molar-refractivity contribution in [3.8, 4) is 11.5 Å². The molecular weight excluding hydrogens is 361 g/mol. The number of fused-ring (bicyclic) bond motifs is 1. The maximum absolute atomic E-state index is 12.7. The lowest BCUT2D eigenvalue weighted by molar-refractivity contribution is 0.174. The Labute approximate surface area is 144 Å². The van der Waals surface area contributed by atoms with Crippen molar-refractivity contribution in [2.45, 2.75) is 11.4 Å². The summed E-state index contributed by atoms with van der Waals surface area (Å²) in [5.41, 5.74) is 0.776. The Hall–Kier alpha value is -1.47. The molecule has 2 aromatic carbocycles. The van der Waals surface area contributed by atoms with Gasteiger partial charge in [0.25, 0.3) is 0 Å². The number of sulfonamides is 1. The Morgan fingerprint density at radius 2 is 1.83 bits per heavy atom. The van der Waals surface area contributed by atoms with Gasteiger partial charge in [0.05, 0.1) is 5.02 Å². The summed E-state index contributed by atoms with van der Waals surface area (Å²) in [5.74, 6) is 1.26. The van der Waals surface area contributed by atoms with Gasteiger partial charge in [-0.15, -0.1) is 0 Å². The van der Waals surface area contributed by atoms with Crippen LogP contribution in [0.25, 0.3) is 0 Å². The molecule has 122 valence electrons. The average molecular weight is 374 g/mol. The molecule has 0 saturated carbocycles. The molecule has 0 bridgehead atoms. The second-order valence-electron chi connectivity index (χ2n) is 5.02. The van der Waals surface area contributed by atoms with Gasteiger partial charge in [-0.1, -0.05) is 29.3 Å². The summed E-state index contributed by atoms with van der Waals surface area (Å²) in [4.78, 5) is -0.0186. The predicted molar refractivity (Wildman–Crippen MR) is 87.7 cm³/mol. The summed E-state index contributed by atoms with van der Waals surface area (Å²) in [6.07, 6.45) is 0. The molecular formula is C15H13Cl2NO4S. The van der Waals surface area contributed by atoms with Crippen molar-refractivity contribution in [3.05, 3.63) is 52.0 Å². The van der Waals surface area contributed by atoms with E-state index < -0.39 is 10.0 Å². The van der Waals surface area contributed by atoms with E-state index in [0.717, 1.165) is 5.56 Å². The molecule has 23 heavy (non-hydrogen) atoms. The van der Waals surface area contributed by atoms with Gasteiger partial charge < -0.3 is 9.47 Å². The molecule has 8 heteroatoms. The number of halogens is 2. The minimum atomic E-state index is -3.76. The van der Waals surface area contributed by atoms with Crippen LogP contribution in [0.1, 0.15) is 5.56 Å². The molecule has 0 aliphatic carbocycles. The quantitative estimate of drug-likeness (QED) is 0.822. The van der Waals surface area contributed by atoms with E-state index in [0.29, 0.717) is 16.5 Å². The first kappa shape index (κ1) is 16.4. The van der Waals surface area contributed by atoms with Gasteiger partial charge in [0.2, 0.25) is 16.8 Å². The van der Waals surface area contributed by atoms with E-state index in [1.807, 2.05) is 0 Å². The summed E-state index contributed by atoms with van der Waals surface area (Å²) >= 11 is 11.9. The zero-order chi connectivity index (χ0) is 16.6. The first-order valence-electron chi connectivity index (χ1n) is 6.68. The fourth-order valence-corrected chi connectivity index (χ4v) is 4.12. The third-order valence-electron chi connectivity index (χ3n) is 3.42. The normalized spacial score (nSPS) is 13.6. The maximum atomic E-state index is 12.7. The van der Waals surface area contributed by atoms with Crippen LogP contribution in [0.2, 0.25) is 10.0 Å². The molecule has 1 heterocycles. The van der Waals surface area contributed by atoms with Crippen LogP contribution in [0.3, 0.4) is 0 Å². The number of nitrogens with zero attached hydrogens (tertiary/aromatic N) is 1. The Morgan fingerprint density at radius 1 is 1.09 bits per heavy atom. The van der Waals surface area contributed by atoms with Crippen molar-refractivity contribution in [1.82, 2.24) is 4.31 Å². The number of hydrogen-bond acceptors (Lipinski definition) is 4. The van der Waals surface area contributed by atoms with Crippen molar-refractivity contribution in [2.24, 2.45) is 0 Å². The van der Waals surface area contributed by atoms with E-state index in [4.69, 9.17) is 32.7 Å². The third-order valence-corrected chi connectivity index (χ3v) is 5.94. The third kappa shape index (κ3) is 3.26. The second kappa shape index (κ2) is 6.20. The Bertz CT molecular complexity index is 855. The monoisotopic (exact) mass is 373 g/mol. The van der Waals surface area contributed by atoms with Gasteiger partial charge in [0, 0.05) is 18.6 Å². The SMILES string of the molecule is CN(Cc1ccc2c(c1)OCO2)S(=O)(=O)c1cc(Cl)ccc1Cl. The molecule has 1 aliphatic rings. The molecule has 0 atom stereocenters. The topological polar surface area (TPSA) is 55.8 Å². The Balaban J connectivity index is 1.87. The molecule has 0 saturated heterocycles. The van der Waals surface area contributed by atoms with E-state index in [9.17, 15) is 8.42 Å². The van der Waals surface area contributed by atoms with E-state index in [1.54, 1.807) is 24.3 Å². The van der Waals surface area contributed by atoms with Crippen LogP contribution in [0.15, 0.2) is 41.3 Å². The summed E-state index contributed by atoms with van der Waals surface area (Å²) in [6.45, 7) is 0.340. The number of ether oxygens (including phenoxy) is 2. The summed E-state index contributed by atoms with van der Waals surface area (Å²) < 4.78 is 37.1. The first-order chi connectivity index (χ1) is 10.9. The lowest BCUT2D eigenvalue weighted by atomic mass is 10.2. The van der Waals surface area contributed by atoms with Crippen LogP contribution in [-0.4, -0.2) is 26.6 Å². The molecule has 0 unspecified atom stereocenters. The average Bonchev–Trinajstić information content (AvgIpc) is 2.97. The highest BCUT2D eigenvalue weighted by molar-refractivity contribution is 7.89. The largest absolute Gasteiger partial charge is 0.454 e. The van der Waals surface area contributed by atoms with Gasteiger partial charge in [-0.2, -0.15) is 4.31 Å². The fraction of sp³-hybridized carbons (Fsp3) is 0.200. The summed E-state index contributed by atoms with van der Waals surface area (Å²) in [7, 11) is -2.28. The zero-order valence-electron chi connectivity index (χ0n) is 12.1. The predicted octanol–water partition coefficient (Wildman–Crippen LogP) is 3.54. The standard InChI is InChI=1S/C15H13Cl2NO4S/c1-18(8-10-2-5-13-14(6-10)22-9-21-13)23(19,20)15-7-11(16)3-4-12(15)17/h2-7H,8-9H2,1H3. The highest BCUT2D eigenvalue weighted by Crippen LogP contribution is 2.33. The van der Waals surface area contributed by atoms with Crippen LogP contribution in [-0.2, 0) is 16.6 Å². The molecule has 0 radical (unpaired) electrons. The lowest BCUT2D eigenvalue weighted by Crippen LogP contribution is -2.26. The Morgan fingerprint density at radius 3 is 2.61 bits per heavy atom. The lowest BCUT2D eigenvalue weighted by Gasteiger charge is -2.18. The molecule has 0 amide bonds. The van der Waals surface area contributed by atoms with Crippen molar-refractivity contribution in [3.63, 3.8) is 0 Å². The first-order valence-corrected chi connectivity index (χ1v) is 8.87. The minimum Gasteiger partial charge on any atom is -0.454 e. The van der Waals surface area contributed by atoms with Gasteiger partial charge in [-0.3, -0.25) is 0 Å². The molecule has 0 spiro atoms. The zero-order valence-corrected chi connectivity index (χ0v) is 14.5. The number of rotatable bonds is 4. The van der Waals surface area contributed by atoms with Crippen LogP contribution in [0, 0.1) is 0 Å². The van der Waals surface area contributed by atoms with Gasteiger partial charge in [-0.05, 0) is 35.9 Å². The van der Waals surface area contributed by atoms with Gasteiger partial charge in [0.1, 0.15) is 4.90 Å². The second-order valence-corrected chi connectivity index (χ2v) is 7.88. The van der Waals surface area contributed by atoms with Crippen LogP contribution >= 0.6 is 23.2 Å². The van der Waals surface area contributed by atoms with Crippen molar-refractivity contribution in [2.75, 3.05) is 13.8 Å². The molecule has 1 aliphatic heterocycles. The van der Waals surface area contributed by atoms with Gasteiger partial charge in [0.15, 0.2) is 11.5 Å². The van der Waals surface area contributed by atoms with E-state index in [-0.39, 0.29) is 23.3 Å². The van der Waals surface area contributed by atoms with Crippen LogP contribution in [0.4, 0.5) is 0 Å². The maximum Gasteiger partial charge on any atom is 0.244 e. The Kier molecular flexibility index (Phi) is 4.42. The van der Waals surface area contributed by atoms with Crippen LogP contribution < -0.4 is 9.47 Å². The fourth-order valence-electron chi connectivity index (χ4n) is 2.22. The molecule has 0 fully saturated rings. The highest BCUT2D eigenvalue weighted by atomic mass is 35.5.